The summed E-state index contributed by atoms with van der Waals surface area (Å²) in [6.45, 7) is 2.08. The summed E-state index contributed by atoms with van der Waals surface area (Å²) in [6, 6.07) is 3.12. The van der Waals surface area contributed by atoms with Crippen molar-refractivity contribution in [1.82, 2.24) is 4.72 Å². The lowest BCUT2D eigenvalue weighted by atomic mass is 10.2. The third-order valence-corrected chi connectivity index (χ3v) is 3.51. The molecule has 94 valence electrons. The molecule has 0 saturated heterocycles. The number of nitrogens with one attached hydrogen (secondary N) is 1. The van der Waals surface area contributed by atoms with E-state index in [0.717, 1.165) is 18.2 Å². The second-order valence-electron chi connectivity index (χ2n) is 3.38. The Morgan fingerprint density at radius 1 is 1.41 bits per heavy atom. The summed E-state index contributed by atoms with van der Waals surface area (Å²) in [5.74, 6) is -1.85. The molecule has 0 aliphatic heterocycles. The van der Waals surface area contributed by atoms with Gasteiger partial charge >= 0.3 is 5.97 Å². The molecular formula is C10H13NO5S. The molecule has 0 amide bonds. The third-order valence-electron chi connectivity index (χ3n) is 2.05. The van der Waals surface area contributed by atoms with Gasteiger partial charge in [-0.3, -0.25) is 0 Å². The van der Waals surface area contributed by atoms with Crippen molar-refractivity contribution in [2.75, 3.05) is 6.54 Å². The Hall–Kier alpha value is -1.60. The molecule has 0 spiro atoms. The van der Waals surface area contributed by atoms with E-state index < -0.39 is 27.3 Å². The predicted octanol–water partition coefficient (Wildman–Crippen LogP) is 0.779. The first-order valence-corrected chi connectivity index (χ1v) is 6.42. The average molecular weight is 259 g/mol. The lowest BCUT2D eigenvalue weighted by Crippen LogP contribution is -2.24. The predicted molar refractivity (Wildman–Crippen MR) is 60.5 cm³/mol. The Labute approximate surface area is 99.0 Å². The molecule has 1 rings (SSSR count). The number of hydrogen-bond acceptors (Lipinski definition) is 4. The number of carboxylic acids is 1. The van der Waals surface area contributed by atoms with Crippen LogP contribution in [0.25, 0.3) is 0 Å². The number of benzene rings is 1. The molecule has 3 N–H and O–H groups in total. The van der Waals surface area contributed by atoms with Crippen LogP contribution in [0.5, 0.6) is 5.75 Å². The van der Waals surface area contributed by atoms with E-state index in [1.807, 2.05) is 6.92 Å². The van der Waals surface area contributed by atoms with Crippen LogP contribution in [0.15, 0.2) is 23.1 Å². The highest BCUT2D eigenvalue weighted by Crippen LogP contribution is 2.21. The van der Waals surface area contributed by atoms with Gasteiger partial charge in [-0.05, 0) is 24.6 Å². The van der Waals surface area contributed by atoms with Gasteiger partial charge in [-0.1, -0.05) is 6.92 Å². The zero-order valence-electron chi connectivity index (χ0n) is 9.17. The van der Waals surface area contributed by atoms with Crippen LogP contribution in [0.1, 0.15) is 23.7 Å². The molecule has 1 aromatic carbocycles. The summed E-state index contributed by atoms with van der Waals surface area (Å²) in [5, 5.41) is 18.0. The zero-order valence-corrected chi connectivity index (χ0v) is 9.99. The fraction of sp³-hybridized carbons (Fsp3) is 0.300. The van der Waals surface area contributed by atoms with Crippen LogP contribution in [0.4, 0.5) is 0 Å². The summed E-state index contributed by atoms with van der Waals surface area (Å²) >= 11 is 0. The molecule has 0 radical (unpaired) electrons. The maximum Gasteiger partial charge on any atom is 0.339 e. The van der Waals surface area contributed by atoms with Gasteiger partial charge in [0, 0.05) is 6.54 Å². The number of aromatic hydroxyl groups is 1. The molecule has 1 aromatic rings. The monoisotopic (exact) mass is 259 g/mol. The van der Waals surface area contributed by atoms with E-state index in [4.69, 9.17) is 5.11 Å². The maximum absolute atomic E-state index is 11.7. The third kappa shape index (κ3) is 3.18. The van der Waals surface area contributed by atoms with Crippen molar-refractivity contribution in [2.45, 2.75) is 18.2 Å². The van der Waals surface area contributed by atoms with Gasteiger partial charge in [0.05, 0.1) is 4.90 Å². The number of rotatable bonds is 5. The number of sulfonamides is 1. The Morgan fingerprint density at radius 3 is 2.59 bits per heavy atom. The quantitative estimate of drug-likeness (QED) is 0.725. The Balaban J connectivity index is 3.16. The first kappa shape index (κ1) is 13.5. The van der Waals surface area contributed by atoms with Gasteiger partial charge in [-0.25, -0.2) is 17.9 Å². The Morgan fingerprint density at radius 2 is 2.06 bits per heavy atom. The van der Waals surface area contributed by atoms with Gasteiger partial charge in [-0.15, -0.1) is 0 Å². The molecule has 0 aliphatic rings. The zero-order chi connectivity index (χ0) is 13.1. The smallest absolute Gasteiger partial charge is 0.339 e. The minimum Gasteiger partial charge on any atom is -0.507 e. The van der Waals surface area contributed by atoms with Crippen LogP contribution in [-0.2, 0) is 10.0 Å². The molecule has 0 atom stereocenters. The van der Waals surface area contributed by atoms with Gasteiger partial charge in [0.25, 0.3) is 0 Å². The molecule has 7 heteroatoms. The number of hydrogen-bond donors (Lipinski definition) is 3. The van der Waals surface area contributed by atoms with Crippen LogP contribution in [-0.4, -0.2) is 31.1 Å². The lowest BCUT2D eigenvalue weighted by Gasteiger charge is -2.07. The van der Waals surface area contributed by atoms with Crippen molar-refractivity contribution in [3.8, 4) is 5.75 Å². The van der Waals surface area contributed by atoms with E-state index in [0.29, 0.717) is 6.42 Å². The first-order chi connectivity index (χ1) is 7.88. The SMILES string of the molecule is CCCNS(=O)(=O)c1ccc(O)c(C(=O)O)c1. The average Bonchev–Trinajstić information content (AvgIpc) is 2.26. The minimum absolute atomic E-state index is 0.179. The van der Waals surface area contributed by atoms with Crippen molar-refractivity contribution in [3.63, 3.8) is 0 Å². The molecule has 0 bridgehead atoms. The normalized spacial score (nSPS) is 11.4. The fourth-order valence-corrected chi connectivity index (χ4v) is 2.33. The Bertz CT molecular complexity index is 523. The number of carbonyl (C=O) groups is 1. The van der Waals surface area contributed by atoms with Gasteiger partial charge in [-0.2, -0.15) is 0 Å². The molecule has 0 heterocycles. The molecule has 17 heavy (non-hydrogen) atoms. The van der Waals surface area contributed by atoms with Crippen LogP contribution in [0, 0.1) is 0 Å². The molecule has 0 fully saturated rings. The highest BCUT2D eigenvalue weighted by Gasteiger charge is 2.17. The summed E-state index contributed by atoms with van der Waals surface area (Å²) < 4.78 is 25.7. The Kier molecular flexibility index (Phi) is 4.08. The van der Waals surface area contributed by atoms with E-state index in [-0.39, 0.29) is 11.4 Å². The van der Waals surface area contributed by atoms with Crippen molar-refractivity contribution in [1.29, 1.82) is 0 Å². The van der Waals surface area contributed by atoms with Crippen LogP contribution in [0.2, 0.25) is 0 Å². The maximum atomic E-state index is 11.7. The van der Waals surface area contributed by atoms with Gasteiger partial charge in [0.15, 0.2) is 0 Å². The van der Waals surface area contributed by atoms with E-state index in [2.05, 4.69) is 4.72 Å². The lowest BCUT2D eigenvalue weighted by molar-refractivity contribution is 0.0693. The number of aromatic carboxylic acids is 1. The van der Waals surface area contributed by atoms with Crippen molar-refractivity contribution in [2.24, 2.45) is 0 Å². The van der Waals surface area contributed by atoms with E-state index in [9.17, 15) is 18.3 Å². The number of carboxylic acid groups (broad SMARTS) is 1. The molecular weight excluding hydrogens is 246 g/mol. The molecule has 0 saturated carbocycles. The standard InChI is InChI=1S/C10H13NO5S/c1-2-5-11-17(15,16)7-3-4-9(12)8(6-7)10(13)14/h3-4,6,11-12H,2,5H2,1H3,(H,13,14). The highest BCUT2D eigenvalue weighted by atomic mass is 32.2. The fourth-order valence-electron chi connectivity index (χ4n) is 1.17. The van der Waals surface area contributed by atoms with Crippen LogP contribution < -0.4 is 4.72 Å². The number of phenols is 1. The largest absolute Gasteiger partial charge is 0.507 e. The summed E-state index contributed by atoms with van der Waals surface area (Å²) in [6.07, 6.45) is 0.628. The molecule has 0 aromatic heterocycles. The van der Waals surface area contributed by atoms with Gasteiger partial charge in [0.2, 0.25) is 10.0 Å². The van der Waals surface area contributed by atoms with Gasteiger partial charge in [0.1, 0.15) is 11.3 Å². The van der Waals surface area contributed by atoms with Crippen molar-refractivity contribution < 1.29 is 23.4 Å². The molecule has 0 unspecified atom stereocenters. The second kappa shape index (κ2) is 5.15. The molecule has 6 nitrogen and oxygen atoms in total. The van der Waals surface area contributed by atoms with Crippen LogP contribution >= 0.6 is 0 Å². The summed E-state index contributed by atoms with van der Waals surface area (Å²) in [5.41, 5.74) is -0.440. The highest BCUT2D eigenvalue weighted by molar-refractivity contribution is 7.89. The topological polar surface area (TPSA) is 104 Å². The summed E-state index contributed by atoms with van der Waals surface area (Å²) in [7, 11) is -3.72. The van der Waals surface area contributed by atoms with Gasteiger partial charge < -0.3 is 10.2 Å². The second-order valence-corrected chi connectivity index (χ2v) is 5.15. The van der Waals surface area contributed by atoms with E-state index >= 15 is 0 Å². The van der Waals surface area contributed by atoms with Crippen LogP contribution in [0.3, 0.4) is 0 Å². The van der Waals surface area contributed by atoms with E-state index in [1.54, 1.807) is 0 Å². The first-order valence-electron chi connectivity index (χ1n) is 4.94. The molecule has 0 aliphatic carbocycles. The van der Waals surface area contributed by atoms with E-state index in [1.165, 1.54) is 0 Å². The summed E-state index contributed by atoms with van der Waals surface area (Å²) in [4.78, 5) is 10.6. The van der Waals surface area contributed by atoms with Crippen molar-refractivity contribution >= 4 is 16.0 Å². The van der Waals surface area contributed by atoms with Crippen molar-refractivity contribution in [3.05, 3.63) is 23.8 Å². The minimum atomic E-state index is -3.72.